The summed E-state index contributed by atoms with van der Waals surface area (Å²) in [5, 5.41) is 14.2. The summed E-state index contributed by atoms with van der Waals surface area (Å²) in [4.78, 5) is 17.6. The third kappa shape index (κ3) is 5.76. The molecule has 32 heavy (non-hydrogen) atoms. The molecule has 1 saturated heterocycles. The van der Waals surface area contributed by atoms with E-state index in [0.717, 1.165) is 24.2 Å². The summed E-state index contributed by atoms with van der Waals surface area (Å²) < 4.78 is 16.3. The average molecular weight is 437 g/mol. The first-order valence-electron chi connectivity index (χ1n) is 11.1. The van der Waals surface area contributed by atoms with Gasteiger partial charge in [0.05, 0.1) is 11.9 Å². The van der Waals surface area contributed by atoms with Gasteiger partial charge in [-0.2, -0.15) is 0 Å². The maximum atomic E-state index is 14.7. The summed E-state index contributed by atoms with van der Waals surface area (Å²) in [6.07, 6.45) is 4.86. The van der Waals surface area contributed by atoms with Crippen molar-refractivity contribution in [2.24, 2.45) is 7.05 Å². The number of alkyl halides is 1. The minimum Gasteiger partial charge on any atom is -0.352 e. The molecule has 0 aliphatic carbocycles. The van der Waals surface area contributed by atoms with E-state index < -0.39 is 5.67 Å². The van der Waals surface area contributed by atoms with Crippen molar-refractivity contribution in [2.75, 3.05) is 19.6 Å². The number of halogens is 1. The van der Waals surface area contributed by atoms with Gasteiger partial charge in [0, 0.05) is 37.8 Å². The zero-order chi connectivity index (χ0) is 22.4. The Labute approximate surface area is 187 Å². The van der Waals surface area contributed by atoms with E-state index in [1.165, 1.54) is 0 Å². The molecule has 8 heteroatoms. The van der Waals surface area contributed by atoms with E-state index in [4.69, 9.17) is 4.98 Å². The third-order valence-corrected chi connectivity index (χ3v) is 5.74. The van der Waals surface area contributed by atoms with E-state index in [1.807, 2.05) is 36.4 Å². The average Bonchev–Trinajstić information content (AvgIpc) is 3.24. The number of aromatic nitrogens is 4. The van der Waals surface area contributed by atoms with Crippen LogP contribution in [0.4, 0.5) is 4.39 Å². The second kappa shape index (κ2) is 9.99. The highest BCUT2D eigenvalue weighted by Crippen LogP contribution is 2.26. The molecule has 7 nitrogen and oxygen atoms in total. The number of carbonyl (C=O) groups excluding carboxylic acids is 1. The fraction of sp³-hybridized carbons (Fsp3) is 0.417. The molecule has 1 aromatic carbocycles. The van der Waals surface area contributed by atoms with Crippen molar-refractivity contribution in [1.29, 1.82) is 0 Å². The largest absolute Gasteiger partial charge is 0.352 e. The fourth-order valence-corrected chi connectivity index (χ4v) is 4.06. The monoisotopic (exact) mass is 436 g/mol. The molecule has 0 bridgehead atoms. The summed E-state index contributed by atoms with van der Waals surface area (Å²) in [7, 11) is 1.79. The predicted molar refractivity (Wildman–Crippen MR) is 121 cm³/mol. The molecule has 168 valence electrons. The van der Waals surface area contributed by atoms with Gasteiger partial charge in [0.15, 0.2) is 0 Å². The van der Waals surface area contributed by atoms with Crippen molar-refractivity contribution in [1.82, 2.24) is 30.6 Å². The first kappa shape index (κ1) is 22.1. The highest BCUT2D eigenvalue weighted by molar-refractivity contribution is 5.95. The van der Waals surface area contributed by atoms with Crippen LogP contribution in [0.3, 0.4) is 0 Å². The number of carbonyl (C=O) groups is 1. The fourth-order valence-electron chi connectivity index (χ4n) is 4.06. The molecule has 3 aromatic rings. The van der Waals surface area contributed by atoms with Crippen LogP contribution in [0.1, 0.15) is 47.3 Å². The SMILES string of the molecule is Cn1cc(-c2cc(C(=O)NCCC[C@@]3(F)CCCNC3)cc(Cc3ccccc3)n2)nn1. The normalized spacial score (nSPS) is 18.4. The van der Waals surface area contributed by atoms with Crippen LogP contribution in [-0.2, 0) is 13.5 Å². The first-order valence-corrected chi connectivity index (χ1v) is 11.1. The number of aryl methyl sites for hydroxylation is 1. The lowest BCUT2D eigenvalue weighted by molar-refractivity contribution is 0.0929. The van der Waals surface area contributed by atoms with E-state index >= 15 is 0 Å². The van der Waals surface area contributed by atoms with Crippen molar-refractivity contribution in [3.63, 3.8) is 0 Å². The summed E-state index contributed by atoms with van der Waals surface area (Å²) in [5.41, 5.74) is 2.45. The number of hydrogen-bond donors (Lipinski definition) is 2. The van der Waals surface area contributed by atoms with Gasteiger partial charge in [-0.1, -0.05) is 35.5 Å². The van der Waals surface area contributed by atoms with Crippen molar-refractivity contribution in [3.05, 3.63) is 65.5 Å². The highest BCUT2D eigenvalue weighted by atomic mass is 19.1. The Kier molecular flexibility index (Phi) is 6.90. The quantitative estimate of drug-likeness (QED) is 0.530. The highest BCUT2D eigenvalue weighted by Gasteiger charge is 2.30. The maximum absolute atomic E-state index is 14.7. The van der Waals surface area contributed by atoms with Gasteiger partial charge >= 0.3 is 0 Å². The van der Waals surface area contributed by atoms with Crippen molar-refractivity contribution in [2.45, 2.75) is 37.8 Å². The van der Waals surface area contributed by atoms with E-state index in [1.54, 1.807) is 24.0 Å². The summed E-state index contributed by atoms with van der Waals surface area (Å²) in [6, 6.07) is 13.5. The van der Waals surface area contributed by atoms with E-state index in [9.17, 15) is 9.18 Å². The van der Waals surface area contributed by atoms with Gasteiger partial charge in [0.25, 0.3) is 5.91 Å². The molecule has 1 amide bonds. The zero-order valence-electron chi connectivity index (χ0n) is 18.4. The third-order valence-electron chi connectivity index (χ3n) is 5.74. The number of rotatable bonds is 8. The molecular formula is C24H29FN6O. The number of pyridine rings is 1. The van der Waals surface area contributed by atoms with E-state index in [2.05, 4.69) is 20.9 Å². The second-order valence-corrected chi connectivity index (χ2v) is 8.46. The van der Waals surface area contributed by atoms with Gasteiger partial charge in [-0.05, 0) is 49.9 Å². The number of hydrogen-bond acceptors (Lipinski definition) is 5. The molecule has 1 fully saturated rings. The second-order valence-electron chi connectivity index (χ2n) is 8.46. The smallest absolute Gasteiger partial charge is 0.251 e. The Bertz CT molecular complexity index is 1050. The summed E-state index contributed by atoms with van der Waals surface area (Å²) in [6.45, 7) is 1.71. The Balaban J connectivity index is 1.46. The predicted octanol–water partition coefficient (Wildman–Crippen LogP) is 3.07. The lowest BCUT2D eigenvalue weighted by Crippen LogP contribution is -2.42. The molecule has 0 spiro atoms. The Hall–Kier alpha value is -3.13. The molecule has 0 radical (unpaired) electrons. The molecule has 1 aliphatic heterocycles. The van der Waals surface area contributed by atoms with Gasteiger partial charge in [-0.25, -0.2) is 4.39 Å². The molecule has 3 heterocycles. The van der Waals surface area contributed by atoms with Gasteiger partial charge in [0.2, 0.25) is 0 Å². The molecule has 1 aliphatic rings. The molecule has 0 unspecified atom stereocenters. The number of benzene rings is 1. The number of nitrogens with zero attached hydrogens (tertiary/aromatic N) is 4. The molecule has 1 atom stereocenters. The van der Waals surface area contributed by atoms with Crippen LogP contribution >= 0.6 is 0 Å². The van der Waals surface area contributed by atoms with Gasteiger partial charge in [0.1, 0.15) is 11.4 Å². The van der Waals surface area contributed by atoms with Gasteiger partial charge < -0.3 is 10.6 Å². The van der Waals surface area contributed by atoms with Crippen LogP contribution in [-0.4, -0.2) is 51.2 Å². The summed E-state index contributed by atoms with van der Waals surface area (Å²) >= 11 is 0. The van der Waals surface area contributed by atoms with Crippen molar-refractivity contribution in [3.8, 4) is 11.4 Å². The van der Waals surface area contributed by atoms with Gasteiger partial charge in [-0.3, -0.25) is 14.5 Å². The molecule has 4 rings (SSSR count). The van der Waals surface area contributed by atoms with Crippen LogP contribution in [0.2, 0.25) is 0 Å². The lowest BCUT2D eigenvalue weighted by atomic mass is 9.91. The van der Waals surface area contributed by atoms with E-state index in [0.29, 0.717) is 55.7 Å². The van der Waals surface area contributed by atoms with Crippen molar-refractivity contribution < 1.29 is 9.18 Å². The van der Waals surface area contributed by atoms with Crippen LogP contribution in [0.25, 0.3) is 11.4 Å². The number of amides is 1. The number of nitrogens with one attached hydrogen (secondary N) is 2. The summed E-state index contributed by atoms with van der Waals surface area (Å²) in [5.74, 6) is -0.193. The Morgan fingerprint density at radius 2 is 2.09 bits per heavy atom. The minimum atomic E-state index is -1.17. The van der Waals surface area contributed by atoms with Crippen molar-refractivity contribution >= 4 is 5.91 Å². The first-order chi connectivity index (χ1) is 15.5. The topological polar surface area (TPSA) is 84.7 Å². The van der Waals surface area contributed by atoms with Crippen LogP contribution < -0.4 is 10.6 Å². The van der Waals surface area contributed by atoms with E-state index in [-0.39, 0.29) is 5.91 Å². The Morgan fingerprint density at radius 3 is 2.81 bits per heavy atom. The number of piperidine rings is 1. The van der Waals surface area contributed by atoms with Gasteiger partial charge in [-0.15, -0.1) is 5.10 Å². The van der Waals surface area contributed by atoms with Crippen LogP contribution in [0.5, 0.6) is 0 Å². The maximum Gasteiger partial charge on any atom is 0.251 e. The molecular weight excluding hydrogens is 407 g/mol. The zero-order valence-corrected chi connectivity index (χ0v) is 18.4. The molecule has 2 aromatic heterocycles. The lowest BCUT2D eigenvalue weighted by Gasteiger charge is -2.30. The van der Waals surface area contributed by atoms with Crippen LogP contribution in [0, 0.1) is 0 Å². The standard InChI is InChI=1S/C24H29FN6O/c1-31-16-22(29-30-31)21-15-19(14-20(28-21)13-18-7-3-2-4-8-18)23(32)27-12-6-10-24(25)9-5-11-26-17-24/h2-4,7-8,14-16,26H,5-6,9-13,17H2,1H3,(H,27,32)/t24-/m0/s1. The molecule has 0 saturated carbocycles. The van der Waals surface area contributed by atoms with Crippen LogP contribution in [0.15, 0.2) is 48.7 Å². The minimum absolute atomic E-state index is 0.193. The molecule has 2 N–H and O–H groups in total. The Morgan fingerprint density at radius 1 is 1.25 bits per heavy atom.